The second kappa shape index (κ2) is 7.74. The Labute approximate surface area is 126 Å². The van der Waals surface area contributed by atoms with Crippen molar-refractivity contribution in [3.05, 3.63) is 11.4 Å². The molecule has 6 heteroatoms. The molecule has 0 unspecified atom stereocenters. The van der Waals surface area contributed by atoms with Crippen LogP contribution in [0.1, 0.15) is 31.7 Å². The van der Waals surface area contributed by atoms with Gasteiger partial charge in [-0.05, 0) is 25.8 Å². The lowest BCUT2D eigenvalue weighted by Gasteiger charge is -2.21. The summed E-state index contributed by atoms with van der Waals surface area (Å²) in [5, 5.41) is 8.65. The van der Waals surface area contributed by atoms with Gasteiger partial charge in [-0.15, -0.1) is 16.7 Å². The second-order valence-electron chi connectivity index (χ2n) is 5.08. The predicted molar refractivity (Wildman–Crippen MR) is 82.6 cm³/mol. The molecule has 1 aromatic rings. The van der Waals surface area contributed by atoms with E-state index in [0.717, 1.165) is 69.3 Å². The Morgan fingerprint density at radius 3 is 2.50 bits per heavy atom. The second-order valence-corrected chi connectivity index (χ2v) is 5.46. The first-order chi connectivity index (χ1) is 9.78. The zero-order valence-electron chi connectivity index (χ0n) is 12.5. The summed E-state index contributed by atoms with van der Waals surface area (Å²) in [6.45, 7) is 9.25. The van der Waals surface area contributed by atoms with Crippen molar-refractivity contribution in [3.8, 4) is 0 Å². The number of aryl methyl sites for hydroxylation is 2. The third-order valence-corrected chi connectivity index (χ3v) is 3.94. The van der Waals surface area contributed by atoms with Gasteiger partial charge in [0.15, 0.2) is 0 Å². The highest BCUT2D eigenvalue weighted by atomic mass is 35.5. The Morgan fingerprint density at radius 2 is 1.80 bits per heavy atom. The van der Waals surface area contributed by atoms with E-state index >= 15 is 0 Å². The van der Waals surface area contributed by atoms with Crippen molar-refractivity contribution in [2.24, 2.45) is 0 Å². The summed E-state index contributed by atoms with van der Waals surface area (Å²) >= 11 is 5.82. The summed E-state index contributed by atoms with van der Waals surface area (Å²) in [6.07, 6.45) is 2.93. The molecule has 2 rings (SSSR count). The van der Waals surface area contributed by atoms with Crippen molar-refractivity contribution < 1.29 is 0 Å². The molecule has 5 nitrogen and oxygen atoms in total. The quantitative estimate of drug-likeness (QED) is 0.775. The standard InChI is InChI=1S/C14H24ClN5/c1-3-12-13(4-2)17-18-14(16-12)20-8-5-7-19(9-6-15)10-11-20/h3-11H2,1-2H3. The summed E-state index contributed by atoms with van der Waals surface area (Å²) in [5.74, 6) is 1.48. The lowest BCUT2D eigenvalue weighted by Crippen LogP contribution is -2.33. The van der Waals surface area contributed by atoms with Gasteiger partial charge in [0.05, 0.1) is 11.4 Å². The molecule has 0 aromatic carbocycles. The maximum Gasteiger partial charge on any atom is 0.245 e. The van der Waals surface area contributed by atoms with Crippen LogP contribution < -0.4 is 4.90 Å². The van der Waals surface area contributed by atoms with E-state index in [-0.39, 0.29) is 0 Å². The number of rotatable bonds is 5. The van der Waals surface area contributed by atoms with Gasteiger partial charge in [0, 0.05) is 32.1 Å². The zero-order valence-corrected chi connectivity index (χ0v) is 13.2. The van der Waals surface area contributed by atoms with Crippen molar-refractivity contribution in [2.45, 2.75) is 33.1 Å². The molecule has 0 aliphatic carbocycles. The van der Waals surface area contributed by atoms with Crippen LogP contribution in [0.2, 0.25) is 0 Å². The van der Waals surface area contributed by atoms with Crippen LogP contribution in [0.4, 0.5) is 5.95 Å². The molecular formula is C14H24ClN5. The van der Waals surface area contributed by atoms with Crippen molar-refractivity contribution in [2.75, 3.05) is 43.5 Å². The van der Waals surface area contributed by atoms with Gasteiger partial charge >= 0.3 is 0 Å². The molecular weight excluding hydrogens is 274 g/mol. The third-order valence-electron chi connectivity index (χ3n) is 3.77. The molecule has 0 N–H and O–H groups in total. The molecule has 0 bridgehead atoms. The minimum absolute atomic E-state index is 0.698. The SMILES string of the molecule is CCc1nnc(N2CCCN(CCCl)CC2)nc1CC. The predicted octanol–water partition coefficient (Wildman–Crippen LogP) is 1.75. The molecule has 1 fully saturated rings. The van der Waals surface area contributed by atoms with Crippen molar-refractivity contribution >= 4 is 17.5 Å². The summed E-state index contributed by atoms with van der Waals surface area (Å²) < 4.78 is 0. The monoisotopic (exact) mass is 297 g/mol. The minimum Gasteiger partial charge on any atom is -0.338 e. The molecule has 1 aliphatic heterocycles. The number of hydrogen-bond donors (Lipinski definition) is 0. The average Bonchev–Trinajstić information content (AvgIpc) is 2.72. The molecule has 1 saturated heterocycles. The highest BCUT2D eigenvalue weighted by Crippen LogP contribution is 2.13. The lowest BCUT2D eigenvalue weighted by molar-refractivity contribution is 0.311. The van der Waals surface area contributed by atoms with E-state index in [0.29, 0.717) is 5.88 Å². The van der Waals surface area contributed by atoms with E-state index in [1.165, 1.54) is 0 Å². The first-order valence-corrected chi connectivity index (χ1v) is 8.07. The summed E-state index contributed by atoms with van der Waals surface area (Å²) in [7, 11) is 0. The number of aromatic nitrogens is 3. The van der Waals surface area contributed by atoms with Crippen molar-refractivity contribution in [3.63, 3.8) is 0 Å². The molecule has 0 saturated carbocycles. The molecule has 0 atom stereocenters. The molecule has 112 valence electrons. The number of hydrogen-bond acceptors (Lipinski definition) is 5. The third kappa shape index (κ3) is 3.79. The van der Waals surface area contributed by atoms with Gasteiger partial charge in [-0.3, -0.25) is 0 Å². The van der Waals surface area contributed by atoms with E-state index in [1.54, 1.807) is 0 Å². The fourth-order valence-electron chi connectivity index (χ4n) is 2.58. The van der Waals surface area contributed by atoms with Crippen molar-refractivity contribution in [1.82, 2.24) is 20.1 Å². The van der Waals surface area contributed by atoms with Crippen LogP contribution >= 0.6 is 11.6 Å². The summed E-state index contributed by atoms with van der Waals surface area (Å²) in [6, 6.07) is 0. The maximum atomic E-state index is 5.82. The lowest BCUT2D eigenvalue weighted by atomic mass is 10.2. The van der Waals surface area contributed by atoms with Gasteiger partial charge in [0.25, 0.3) is 0 Å². The molecule has 0 amide bonds. The zero-order chi connectivity index (χ0) is 14.4. The summed E-state index contributed by atoms with van der Waals surface area (Å²) in [5.41, 5.74) is 2.11. The van der Waals surface area contributed by atoms with E-state index < -0.39 is 0 Å². The Hall–Kier alpha value is -0.940. The fourth-order valence-corrected chi connectivity index (χ4v) is 2.82. The molecule has 0 spiro atoms. The van der Waals surface area contributed by atoms with Crippen LogP contribution in [-0.4, -0.2) is 58.7 Å². The molecule has 1 aliphatic rings. The number of nitrogens with zero attached hydrogens (tertiary/aromatic N) is 5. The van der Waals surface area contributed by atoms with Gasteiger partial charge in [-0.1, -0.05) is 13.8 Å². The van der Waals surface area contributed by atoms with Gasteiger partial charge in [-0.2, -0.15) is 5.10 Å². The Balaban J connectivity index is 2.07. The van der Waals surface area contributed by atoms with Gasteiger partial charge in [0.1, 0.15) is 0 Å². The van der Waals surface area contributed by atoms with E-state index in [2.05, 4.69) is 33.8 Å². The molecule has 0 radical (unpaired) electrons. The van der Waals surface area contributed by atoms with Crippen LogP contribution in [0.15, 0.2) is 0 Å². The van der Waals surface area contributed by atoms with E-state index in [4.69, 9.17) is 16.6 Å². The normalized spacial score (nSPS) is 17.2. The van der Waals surface area contributed by atoms with E-state index in [1.807, 2.05) is 0 Å². The molecule has 1 aromatic heterocycles. The van der Waals surface area contributed by atoms with Gasteiger partial charge < -0.3 is 9.80 Å². The topological polar surface area (TPSA) is 45.2 Å². The Morgan fingerprint density at radius 1 is 1.00 bits per heavy atom. The number of alkyl halides is 1. The van der Waals surface area contributed by atoms with Crippen LogP contribution in [0.5, 0.6) is 0 Å². The van der Waals surface area contributed by atoms with Gasteiger partial charge in [-0.25, -0.2) is 4.98 Å². The van der Waals surface area contributed by atoms with Gasteiger partial charge in [0.2, 0.25) is 5.95 Å². The van der Waals surface area contributed by atoms with Crippen LogP contribution in [0.3, 0.4) is 0 Å². The van der Waals surface area contributed by atoms with Crippen molar-refractivity contribution in [1.29, 1.82) is 0 Å². The number of anilines is 1. The number of halogens is 1. The average molecular weight is 298 g/mol. The van der Waals surface area contributed by atoms with E-state index in [9.17, 15) is 0 Å². The Kier molecular flexibility index (Phi) is 5.98. The minimum atomic E-state index is 0.698. The van der Waals surface area contributed by atoms with Crippen LogP contribution in [-0.2, 0) is 12.8 Å². The fraction of sp³-hybridized carbons (Fsp3) is 0.786. The molecule has 2 heterocycles. The maximum absolute atomic E-state index is 5.82. The Bertz CT molecular complexity index is 426. The molecule has 20 heavy (non-hydrogen) atoms. The first-order valence-electron chi connectivity index (χ1n) is 7.54. The smallest absolute Gasteiger partial charge is 0.245 e. The van der Waals surface area contributed by atoms with Crippen LogP contribution in [0.25, 0.3) is 0 Å². The largest absolute Gasteiger partial charge is 0.338 e. The summed E-state index contributed by atoms with van der Waals surface area (Å²) in [4.78, 5) is 9.36. The van der Waals surface area contributed by atoms with Crippen LogP contribution in [0, 0.1) is 0 Å². The first kappa shape index (κ1) is 15.4. The highest BCUT2D eigenvalue weighted by Gasteiger charge is 2.18. The highest BCUT2D eigenvalue weighted by molar-refractivity contribution is 6.18.